The van der Waals surface area contributed by atoms with Crippen LogP contribution in [0.15, 0.2) is 30.3 Å². The molecular formula is C13H15NO3S. The molecule has 96 valence electrons. The van der Waals surface area contributed by atoms with Crippen LogP contribution in [0, 0.1) is 0 Å². The maximum Gasteiger partial charge on any atom is 0.326 e. The quantitative estimate of drug-likeness (QED) is 0.909. The standard InChI is InChI=1S/C13H15NO3S/c1-9(13(16)17)14-11(15)7-8-18-12(14)10-5-3-2-4-6-10/h2-6,9,12H,7-8H2,1H3,(H,16,17)/t9-,12?/m0/s1. The molecule has 1 aromatic rings. The Morgan fingerprint density at radius 2 is 2.11 bits per heavy atom. The summed E-state index contributed by atoms with van der Waals surface area (Å²) in [6, 6.07) is 8.77. The van der Waals surface area contributed by atoms with E-state index in [1.807, 2.05) is 30.3 Å². The van der Waals surface area contributed by atoms with E-state index in [0.29, 0.717) is 6.42 Å². The Balaban J connectivity index is 2.31. The fraction of sp³-hybridized carbons (Fsp3) is 0.385. The van der Waals surface area contributed by atoms with E-state index in [0.717, 1.165) is 11.3 Å². The highest BCUT2D eigenvalue weighted by molar-refractivity contribution is 7.99. The molecule has 1 aliphatic heterocycles. The third kappa shape index (κ3) is 2.51. The molecule has 0 aliphatic carbocycles. The molecular weight excluding hydrogens is 250 g/mol. The SMILES string of the molecule is C[C@@H](C(=O)O)N1C(=O)CCSC1c1ccccc1. The van der Waals surface area contributed by atoms with E-state index in [1.165, 1.54) is 4.90 Å². The van der Waals surface area contributed by atoms with Gasteiger partial charge < -0.3 is 10.0 Å². The van der Waals surface area contributed by atoms with Crippen molar-refractivity contribution in [2.24, 2.45) is 0 Å². The molecule has 4 nitrogen and oxygen atoms in total. The minimum Gasteiger partial charge on any atom is -0.480 e. The molecule has 0 spiro atoms. The smallest absolute Gasteiger partial charge is 0.326 e. The lowest BCUT2D eigenvalue weighted by atomic mass is 10.1. The van der Waals surface area contributed by atoms with Gasteiger partial charge in [-0.05, 0) is 12.5 Å². The van der Waals surface area contributed by atoms with Gasteiger partial charge in [-0.3, -0.25) is 4.79 Å². The average molecular weight is 265 g/mol. The van der Waals surface area contributed by atoms with Crippen LogP contribution in [0.25, 0.3) is 0 Å². The number of carboxylic acids is 1. The Hall–Kier alpha value is -1.49. The summed E-state index contributed by atoms with van der Waals surface area (Å²) in [6.07, 6.45) is 0.408. The van der Waals surface area contributed by atoms with Crippen LogP contribution in [0.5, 0.6) is 0 Å². The van der Waals surface area contributed by atoms with Crippen molar-refractivity contribution in [3.05, 3.63) is 35.9 Å². The predicted molar refractivity (Wildman–Crippen MR) is 70.2 cm³/mol. The minimum atomic E-state index is -0.966. The molecule has 0 radical (unpaired) electrons. The Kier molecular flexibility index (Phi) is 3.91. The summed E-state index contributed by atoms with van der Waals surface area (Å²) in [7, 11) is 0. The third-order valence-electron chi connectivity index (χ3n) is 2.99. The molecule has 2 rings (SSSR count). The number of carboxylic acid groups (broad SMARTS) is 1. The summed E-state index contributed by atoms with van der Waals surface area (Å²) in [5.41, 5.74) is 0.976. The zero-order valence-electron chi connectivity index (χ0n) is 10.1. The second-order valence-electron chi connectivity index (χ2n) is 4.20. The average Bonchev–Trinajstić information content (AvgIpc) is 2.38. The molecule has 1 unspecified atom stereocenters. The van der Waals surface area contributed by atoms with Crippen LogP contribution in [-0.2, 0) is 9.59 Å². The summed E-state index contributed by atoms with van der Waals surface area (Å²) in [5.74, 6) is -0.314. The van der Waals surface area contributed by atoms with Gasteiger partial charge in [0, 0.05) is 12.2 Å². The summed E-state index contributed by atoms with van der Waals surface area (Å²) in [5, 5.41) is 8.92. The van der Waals surface area contributed by atoms with Crippen molar-refractivity contribution in [1.82, 2.24) is 4.90 Å². The van der Waals surface area contributed by atoms with Gasteiger partial charge in [0.25, 0.3) is 0 Å². The number of rotatable bonds is 3. The molecule has 1 fully saturated rings. The van der Waals surface area contributed by atoms with Crippen molar-refractivity contribution in [2.75, 3.05) is 5.75 Å². The van der Waals surface area contributed by atoms with Crippen LogP contribution >= 0.6 is 11.8 Å². The van der Waals surface area contributed by atoms with E-state index in [4.69, 9.17) is 5.11 Å². The van der Waals surface area contributed by atoms with Gasteiger partial charge in [0.05, 0.1) is 0 Å². The summed E-state index contributed by atoms with van der Waals surface area (Å²) in [4.78, 5) is 24.6. The van der Waals surface area contributed by atoms with E-state index in [2.05, 4.69) is 0 Å². The lowest BCUT2D eigenvalue weighted by Crippen LogP contribution is -2.46. The summed E-state index contributed by atoms with van der Waals surface area (Å²) in [6.45, 7) is 1.56. The number of nitrogens with zero attached hydrogens (tertiary/aromatic N) is 1. The van der Waals surface area contributed by atoms with E-state index >= 15 is 0 Å². The van der Waals surface area contributed by atoms with Gasteiger partial charge in [-0.25, -0.2) is 4.79 Å². The van der Waals surface area contributed by atoms with Gasteiger partial charge in [0.2, 0.25) is 5.91 Å². The predicted octanol–water partition coefficient (Wildman–Crippen LogP) is 2.12. The molecule has 1 heterocycles. The molecule has 0 aromatic heterocycles. The maximum atomic E-state index is 12.0. The fourth-order valence-corrected chi connectivity index (χ4v) is 3.34. The van der Waals surface area contributed by atoms with Gasteiger partial charge in [-0.15, -0.1) is 11.8 Å². The van der Waals surface area contributed by atoms with Crippen LogP contribution < -0.4 is 0 Å². The first-order chi connectivity index (χ1) is 8.61. The number of benzene rings is 1. The number of hydrogen-bond donors (Lipinski definition) is 1. The number of hydrogen-bond acceptors (Lipinski definition) is 3. The molecule has 0 bridgehead atoms. The Bertz CT molecular complexity index is 449. The van der Waals surface area contributed by atoms with Crippen molar-refractivity contribution in [2.45, 2.75) is 24.8 Å². The van der Waals surface area contributed by atoms with E-state index in [1.54, 1.807) is 18.7 Å². The number of carbonyl (C=O) groups excluding carboxylic acids is 1. The highest BCUT2D eigenvalue weighted by Crippen LogP contribution is 2.38. The van der Waals surface area contributed by atoms with Crippen LogP contribution in [0.2, 0.25) is 0 Å². The van der Waals surface area contributed by atoms with Gasteiger partial charge in [0.1, 0.15) is 11.4 Å². The topological polar surface area (TPSA) is 57.6 Å². The van der Waals surface area contributed by atoms with Crippen molar-refractivity contribution >= 4 is 23.6 Å². The highest BCUT2D eigenvalue weighted by atomic mass is 32.2. The first kappa shape index (κ1) is 13.0. The van der Waals surface area contributed by atoms with Crippen LogP contribution in [0.4, 0.5) is 0 Å². The summed E-state index contributed by atoms with van der Waals surface area (Å²) >= 11 is 1.62. The summed E-state index contributed by atoms with van der Waals surface area (Å²) < 4.78 is 0. The molecule has 2 atom stereocenters. The Morgan fingerprint density at radius 1 is 1.44 bits per heavy atom. The van der Waals surface area contributed by atoms with E-state index in [-0.39, 0.29) is 11.3 Å². The lowest BCUT2D eigenvalue weighted by molar-refractivity contribution is -0.150. The minimum absolute atomic E-state index is 0.0856. The zero-order chi connectivity index (χ0) is 13.1. The first-order valence-electron chi connectivity index (χ1n) is 5.82. The second kappa shape index (κ2) is 5.44. The number of carbonyl (C=O) groups is 2. The van der Waals surface area contributed by atoms with Gasteiger partial charge >= 0.3 is 5.97 Å². The number of thioether (sulfide) groups is 1. The van der Waals surface area contributed by atoms with Crippen LogP contribution in [0.1, 0.15) is 24.3 Å². The normalized spacial score (nSPS) is 21.7. The second-order valence-corrected chi connectivity index (χ2v) is 5.39. The Morgan fingerprint density at radius 3 is 2.72 bits per heavy atom. The van der Waals surface area contributed by atoms with Crippen molar-refractivity contribution < 1.29 is 14.7 Å². The molecule has 1 N–H and O–H groups in total. The molecule has 5 heteroatoms. The first-order valence-corrected chi connectivity index (χ1v) is 6.86. The van der Waals surface area contributed by atoms with Crippen LogP contribution in [0.3, 0.4) is 0 Å². The number of amides is 1. The third-order valence-corrected chi connectivity index (χ3v) is 4.25. The molecule has 0 saturated carbocycles. The van der Waals surface area contributed by atoms with Gasteiger partial charge in [-0.2, -0.15) is 0 Å². The number of aliphatic carboxylic acids is 1. The van der Waals surface area contributed by atoms with Crippen LogP contribution in [-0.4, -0.2) is 33.7 Å². The van der Waals surface area contributed by atoms with Gasteiger partial charge in [-0.1, -0.05) is 30.3 Å². The maximum absolute atomic E-state index is 12.0. The largest absolute Gasteiger partial charge is 0.480 e. The molecule has 1 saturated heterocycles. The zero-order valence-corrected chi connectivity index (χ0v) is 10.9. The van der Waals surface area contributed by atoms with Crippen molar-refractivity contribution in [1.29, 1.82) is 0 Å². The van der Waals surface area contributed by atoms with E-state index in [9.17, 15) is 9.59 Å². The molecule has 1 aromatic carbocycles. The fourth-order valence-electron chi connectivity index (χ4n) is 2.01. The lowest BCUT2D eigenvalue weighted by Gasteiger charge is -2.37. The van der Waals surface area contributed by atoms with Crippen molar-refractivity contribution in [3.8, 4) is 0 Å². The molecule has 1 amide bonds. The van der Waals surface area contributed by atoms with E-state index < -0.39 is 12.0 Å². The van der Waals surface area contributed by atoms with Gasteiger partial charge in [0.15, 0.2) is 0 Å². The molecule has 1 aliphatic rings. The Labute approximate surface area is 110 Å². The monoisotopic (exact) mass is 265 g/mol. The van der Waals surface area contributed by atoms with Crippen molar-refractivity contribution in [3.63, 3.8) is 0 Å². The highest BCUT2D eigenvalue weighted by Gasteiger charge is 2.35. The molecule has 18 heavy (non-hydrogen) atoms.